The van der Waals surface area contributed by atoms with Gasteiger partial charge in [0.05, 0.1) is 0 Å². The Hall–Kier alpha value is -2.10. The molecule has 1 aromatic carbocycles. The lowest BCUT2D eigenvalue weighted by molar-refractivity contribution is -0.134. The molecule has 2 aromatic rings. The molecular weight excluding hydrogens is 276 g/mol. The van der Waals surface area contributed by atoms with E-state index in [0.29, 0.717) is 5.75 Å². The first-order chi connectivity index (χ1) is 10.6. The van der Waals surface area contributed by atoms with Gasteiger partial charge in [-0.15, -0.1) is 0 Å². The Morgan fingerprint density at radius 3 is 2.82 bits per heavy atom. The molecule has 0 bridgehead atoms. The molecule has 0 aliphatic carbocycles. The quantitative estimate of drug-likeness (QED) is 0.874. The lowest BCUT2D eigenvalue weighted by atomic mass is 9.99. The minimum Gasteiger partial charge on any atom is -0.481 e. The Morgan fingerprint density at radius 2 is 2.05 bits per heavy atom. The van der Waals surface area contributed by atoms with E-state index in [1.165, 1.54) is 0 Å². The number of carbonyl (C=O) groups is 1. The van der Waals surface area contributed by atoms with Gasteiger partial charge in [-0.3, -0.25) is 4.79 Å². The number of hydrogen-bond acceptors (Lipinski definition) is 3. The number of carbonyl (C=O) groups excluding carboxylic acids is 1. The molecule has 22 heavy (non-hydrogen) atoms. The first kappa shape index (κ1) is 14.8. The molecule has 4 nitrogen and oxygen atoms in total. The van der Waals surface area contributed by atoms with Crippen LogP contribution >= 0.6 is 0 Å². The average molecular weight is 298 g/mol. The van der Waals surface area contributed by atoms with Crippen LogP contribution in [0.1, 0.15) is 25.5 Å². The van der Waals surface area contributed by atoms with Crippen molar-refractivity contribution in [2.24, 2.45) is 5.92 Å². The van der Waals surface area contributed by atoms with Crippen LogP contribution in [0.4, 0.5) is 0 Å². The van der Waals surface area contributed by atoms with Crippen LogP contribution < -0.4 is 4.74 Å². The van der Waals surface area contributed by atoms with Gasteiger partial charge in [0.25, 0.3) is 5.91 Å². The molecule has 3 rings (SSSR count). The number of piperidine rings is 1. The number of hydrogen-bond donors (Lipinski definition) is 0. The topological polar surface area (TPSA) is 42.4 Å². The van der Waals surface area contributed by atoms with Crippen LogP contribution in [-0.2, 0) is 4.79 Å². The maximum Gasteiger partial charge on any atom is 0.260 e. The summed E-state index contributed by atoms with van der Waals surface area (Å²) in [6, 6.07) is 9.81. The van der Waals surface area contributed by atoms with E-state index in [-0.39, 0.29) is 12.5 Å². The number of amides is 1. The van der Waals surface area contributed by atoms with Gasteiger partial charge in [0.1, 0.15) is 11.3 Å². The highest BCUT2D eigenvalue weighted by molar-refractivity contribution is 5.85. The minimum absolute atomic E-state index is 0.0663. The number of aryl methyl sites for hydroxylation is 1. The zero-order valence-corrected chi connectivity index (χ0v) is 13.2. The molecule has 1 aliphatic heterocycles. The van der Waals surface area contributed by atoms with E-state index in [4.69, 9.17) is 4.74 Å². The van der Waals surface area contributed by atoms with Gasteiger partial charge in [-0.25, -0.2) is 4.98 Å². The lowest BCUT2D eigenvalue weighted by Crippen LogP contribution is -2.40. The predicted octanol–water partition coefficient (Wildman–Crippen LogP) is 3.18. The molecule has 2 heterocycles. The zero-order chi connectivity index (χ0) is 15.5. The van der Waals surface area contributed by atoms with Crippen molar-refractivity contribution in [2.45, 2.75) is 26.7 Å². The Balaban J connectivity index is 1.69. The maximum absolute atomic E-state index is 12.3. The average Bonchev–Trinajstić information content (AvgIpc) is 2.53. The van der Waals surface area contributed by atoms with Crippen molar-refractivity contribution in [3.8, 4) is 5.75 Å². The second kappa shape index (κ2) is 6.34. The molecule has 1 saturated heterocycles. The Bertz CT molecular complexity index is 676. The summed E-state index contributed by atoms with van der Waals surface area (Å²) in [7, 11) is 0. The van der Waals surface area contributed by atoms with Crippen LogP contribution in [0.5, 0.6) is 5.75 Å². The van der Waals surface area contributed by atoms with Gasteiger partial charge in [0.2, 0.25) is 0 Å². The number of fused-ring (bicyclic) bond motifs is 1. The Labute approximate surface area is 131 Å². The van der Waals surface area contributed by atoms with E-state index < -0.39 is 0 Å². The normalized spacial score (nSPS) is 16.0. The summed E-state index contributed by atoms with van der Waals surface area (Å²) in [5.74, 6) is 1.46. The monoisotopic (exact) mass is 298 g/mol. The number of likely N-dealkylation sites (tertiary alicyclic amines) is 1. The summed E-state index contributed by atoms with van der Waals surface area (Å²) in [6.45, 7) is 5.97. The molecule has 1 aromatic heterocycles. The fourth-order valence-corrected chi connectivity index (χ4v) is 2.82. The van der Waals surface area contributed by atoms with E-state index in [2.05, 4.69) is 11.9 Å². The highest BCUT2D eigenvalue weighted by Gasteiger charge is 2.20. The first-order valence-electron chi connectivity index (χ1n) is 7.90. The fraction of sp³-hybridized carbons (Fsp3) is 0.444. The molecule has 0 radical (unpaired) electrons. The summed E-state index contributed by atoms with van der Waals surface area (Å²) in [6.07, 6.45) is 2.17. The molecule has 4 heteroatoms. The second-order valence-corrected chi connectivity index (χ2v) is 6.13. The SMILES string of the molecule is Cc1ccc2cccc(OCC(=O)N3CCC(C)CC3)c2n1. The van der Waals surface area contributed by atoms with Gasteiger partial charge in [-0.1, -0.05) is 25.1 Å². The van der Waals surface area contributed by atoms with Crippen molar-refractivity contribution < 1.29 is 9.53 Å². The third-order valence-corrected chi connectivity index (χ3v) is 4.31. The highest BCUT2D eigenvalue weighted by Crippen LogP contribution is 2.24. The van der Waals surface area contributed by atoms with Crippen molar-refractivity contribution in [3.05, 3.63) is 36.0 Å². The van der Waals surface area contributed by atoms with Crippen LogP contribution in [0.2, 0.25) is 0 Å². The van der Waals surface area contributed by atoms with Crippen LogP contribution in [0.25, 0.3) is 10.9 Å². The predicted molar refractivity (Wildman–Crippen MR) is 87.0 cm³/mol. The number of rotatable bonds is 3. The zero-order valence-electron chi connectivity index (χ0n) is 13.2. The van der Waals surface area contributed by atoms with E-state index in [0.717, 1.165) is 48.4 Å². The largest absolute Gasteiger partial charge is 0.481 e. The van der Waals surface area contributed by atoms with Crippen LogP contribution in [0, 0.1) is 12.8 Å². The number of ether oxygens (including phenoxy) is 1. The molecular formula is C18H22N2O2. The molecule has 1 aliphatic rings. The molecule has 0 unspecified atom stereocenters. The smallest absolute Gasteiger partial charge is 0.260 e. The van der Waals surface area contributed by atoms with Gasteiger partial charge in [-0.2, -0.15) is 0 Å². The number of benzene rings is 1. The molecule has 1 amide bonds. The van der Waals surface area contributed by atoms with Gasteiger partial charge >= 0.3 is 0 Å². The number of aromatic nitrogens is 1. The number of nitrogens with zero attached hydrogens (tertiary/aromatic N) is 2. The van der Waals surface area contributed by atoms with E-state index in [9.17, 15) is 4.79 Å². The summed E-state index contributed by atoms with van der Waals surface area (Å²) in [4.78, 5) is 18.7. The van der Waals surface area contributed by atoms with Crippen molar-refractivity contribution in [1.29, 1.82) is 0 Å². The minimum atomic E-state index is 0.0663. The Kier molecular flexibility index (Phi) is 4.27. The molecule has 0 saturated carbocycles. The molecule has 0 atom stereocenters. The number of pyridine rings is 1. The van der Waals surface area contributed by atoms with Gasteiger partial charge in [0.15, 0.2) is 6.61 Å². The number of para-hydroxylation sites is 1. The highest BCUT2D eigenvalue weighted by atomic mass is 16.5. The lowest BCUT2D eigenvalue weighted by Gasteiger charge is -2.30. The molecule has 1 fully saturated rings. The molecule has 116 valence electrons. The van der Waals surface area contributed by atoms with E-state index in [1.807, 2.05) is 42.2 Å². The van der Waals surface area contributed by atoms with Crippen LogP contribution in [0.3, 0.4) is 0 Å². The van der Waals surface area contributed by atoms with Crippen molar-refractivity contribution in [2.75, 3.05) is 19.7 Å². The summed E-state index contributed by atoms with van der Waals surface area (Å²) in [5, 5.41) is 1.03. The summed E-state index contributed by atoms with van der Waals surface area (Å²) >= 11 is 0. The fourth-order valence-electron chi connectivity index (χ4n) is 2.82. The van der Waals surface area contributed by atoms with Gasteiger partial charge < -0.3 is 9.64 Å². The van der Waals surface area contributed by atoms with Crippen LogP contribution in [-0.4, -0.2) is 35.5 Å². The van der Waals surface area contributed by atoms with Crippen molar-refractivity contribution in [3.63, 3.8) is 0 Å². The van der Waals surface area contributed by atoms with E-state index in [1.54, 1.807) is 0 Å². The standard InChI is InChI=1S/C18H22N2O2/c1-13-8-10-20(11-9-13)17(21)12-22-16-5-3-4-15-7-6-14(2)19-18(15)16/h3-7,13H,8-12H2,1-2H3. The molecule has 0 spiro atoms. The van der Waals surface area contributed by atoms with Crippen molar-refractivity contribution >= 4 is 16.8 Å². The Morgan fingerprint density at radius 1 is 1.27 bits per heavy atom. The van der Waals surface area contributed by atoms with Gasteiger partial charge in [0, 0.05) is 24.2 Å². The third kappa shape index (κ3) is 3.21. The van der Waals surface area contributed by atoms with E-state index >= 15 is 0 Å². The second-order valence-electron chi connectivity index (χ2n) is 6.13. The van der Waals surface area contributed by atoms with Crippen molar-refractivity contribution in [1.82, 2.24) is 9.88 Å². The first-order valence-corrected chi connectivity index (χ1v) is 7.90. The maximum atomic E-state index is 12.3. The summed E-state index contributed by atoms with van der Waals surface area (Å²) in [5.41, 5.74) is 1.77. The third-order valence-electron chi connectivity index (χ3n) is 4.31. The van der Waals surface area contributed by atoms with Crippen LogP contribution in [0.15, 0.2) is 30.3 Å². The van der Waals surface area contributed by atoms with Gasteiger partial charge in [-0.05, 0) is 37.8 Å². The summed E-state index contributed by atoms with van der Waals surface area (Å²) < 4.78 is 5.76. The molecule has 0 N–H and O–H groups in total.